The van der Waals surface area contributed by atoms with Crippen molar-refractivity contribution in [1.29, 1.82) is 0 Å². The van der Waals surface area contributed by atoms with Crippen LogP contribution in [0.3, 0.4) is 0 Å². The zero-order valence-corrected chi connectivity index (χ0v) is 23.3. The molecular weight excluding hydrogens is 513 g/mol. The van der Waals surface area contributed by atoms with E-state index in [0.29, 0.717) is 43.1 Å². The first-order valence-corrected chi connectivity index (χ1v) is 14.7. The summed E-state index contributed by atoms with van der Waals surface area (Å²) in [4.78, 5) is 26.8. The first-order chi connectivity index (χ1) is 18.8. The first-order valence-electron chi connectivity index (χ1n) is 13.8. The van der Waals surface area contributed by atoms with E-state index < -0.39 is 11.7 Å². The third-order valence-corrected chi connectivity index (χ3v) is 9.02. The number of carbonyl (C=O) groups excluding carboxylic acids is 2. The van der Waals surface area contributed by atoms with Gasteiger partial charge in [0, 0.05) is 55.4 Å². The first kappa shape index (κ1) is 27.4. The summed E-state index contributed by atoms with van der Waals surface area (Å²) in [5, 5.41) is 15.8. The van der Waals surface area contributed by atoms with E-state index >= 15 is 0 Å². The van der Waals surface area contributed by atoms with E-state index in [9.17, 15) is 14.0 Å². The molecule has 206 valence electrons. The Hall–Kier alpha value is -3.17. The predicted molar refractivity (Wildman–Crippen MR) is 153 cm³/mol. The number of carbonyl (C=O) groups is 2. The van der Waals surface area contributed by atoms with Gasteiger partial charge >= 0.3 is 0 Å². The molecule has 9 heteroatoms. The van der Waals surface area contributed by atoms with Gasteiger partial charge in [0.2, 0.25) is 11.8 Å². The van der Waals surface area contributed by atoms with Crippen LogP contribution >= 0.6 is 11.3 Å². The van der Waals surface area contributed by atoms with E-state index in [1.165, 1.54) is 0 Å². The lowest BCUT2D eigenvalue weighted by atomic mass is 9.71. The van der Waals surface area contributed by atoms with E-state index in [1.54, 1.807) is 11.3 Å². The number of alkyl halides is 1. The number of halogens is 1. The van der Waals surface area contributed by atoms with Gasteiger partial charge in [-0.05, 0) is 65.6 Å². The molecule has 0 unspecified atom stereocenters. The number of hydrogen-bond acceptors (Lipinski definition) is 6. The maximum Gasteiger partial charge on any atom is 0.225 e. The van der Waals surface area contributed by atoms with Crippen molar-refractivity contribution in [3.05, 3.63) is 52.7 Å². The van der Waals surface area contributed by atoms with Crippen LogP contribution in [0.1, 0.15) is 63.9 Å². The molecule has 7 nitrogen and oxygen atoms in total. The third kappa shape index (κ3) is 6.04. The highest BCUT2D eigenvalue weighted by Crippen LogP contribution is 2.42. The van der Waals surface area contributed by atoms with Crippen molar-refractivity contribution >= 4 is 29.0 Å². The Morgan fingerprint density at radius 2 is 1.82 bits per heavy atom. The smallest absolute Gasteiger partial charge is 0.225 e. The van der Waals surface area contributed by atoms with Gasteiger partial charge in [-0.3, -0.25) is 9.59 Å². The number of nitrogens with two attached hydrogens (primary N) is 1. The fraction of sp³-hybridized carbons (Fsp3) is 0.467. The molecule has 3 aromatic rings. The lowest BCUT2D eigenvalue weighted by Crippen LogP contribution is -2.50. The van der Waals surface area contributed by atoms with E-state index in [1.807, 2.05) is 66.0 Å². The maximum atomic E-state index is 13.5. The Morgan fingerprint density at radius 1 is 1.10 bits per heavy atom. The van der Waals surface area contributed by atoms with Gasteiger partial charge in [-0.15, -0.1) is 10.2 Å². The lowest BCUT2D eigenvalue weighted by Gasteiger charge is -2.41. The predicted octanol–water partition coefficient (Wildman–Crippen LogP) is 5.91. The van der Waals surface area contributed by atoms with E-state index in [-0.39, 0.29) is 17.9 Å². The summed E-state index contributed by atoms with van der Waals surface area (Å²) < 4.78 is 13.5. The number of amides is 2. The number of anilines is 1. The highest BCUT2D eigenvalue weighted by Gasteiger charge is 2.42. The maximum absolute atomic E-state index is 13.5. The zero-order valence-electron chi connectivity index (χ0n) is 22.5. The monoisotopic (exact) mass is 549 g/mol. The molecule has 2 amide bonds. The van der Waals surface area contributed by atoms with Crippen molar-refractivity contribution in [3.8, 4) is 22.4 Å². The second-order valence-corrected chi connectivity index (χ2v) is 11.8. The van der Waals surface area contributed by atoms with Crippen LogP contribution < -0.4 is 11.1 Å². The third-order valence-electron chi connectivity index (χ3n) is 8.33. The quantitative estimate of drug-likeness (QED) is 0.364. The van der Waals surface area contributed by atoms with E-state index in [4.69, 9.17) is 5.73 Å². The fourth-order valence-electron chi connectivity index (χ4n) is 5.88. The van der Waals surface area contributed by atoms with Crippen LogP contribution in [0.4, 0.5) is 10.2 Å². The van der Waals surface area contributed by atoms with Crippen LogP contribution in [-0.2, 0) is 15.1 Å². The molecule has 2 aromatic heterocycles. The Morgan fingerprint density at radius 3 is 2.44 bits per heavy atom. The summed E-state index contributed by atoms with van der Waals surface area (Å²) in [7, 11) is 1.88. The summed E-state index contributed by atoms with van der Waals surface area (Å²) >= 11 is 1.59. The summed E-state index contributed by atoms with van der Waals surface area (Å²) in [5.41, 5.74) is 10.2. The molecule has 1 aromatic carbocycles. The molecule has 0 bridgehead atoms. The summed E-state index contributed by atoms with van der Waals surface area (Å²) in [6, 6.07) is 12.0. The Bertz CT molecular complexity index is 1300. The number of rotatable bonds is 8. The second kappa shape index (κ2) is 11.5. The van der Waals surface area contributed by atoms with Gasteiger partial charge in [-0.1, -0.05) is 31.2 Å². The van der Waals surface area contributed by atoms with Crippen LogP contribution in [0, 0.1) is 5.92 Å². The zero-order chi connectivity index (χ0) is 27.6. The molecule has 0 atom stereocenters. The molecule has 3 N–H and O–H groups in total. The van der Waals surface area contributed by atoms with E-state index in [0.717, 1.165) is 47.9 Å². The molecule has 2 aliphatic carbocycles. The van der Waals surface area contributed by atoms with Gasteiger partial charge in [-0.2, -0.15) is 11.3 Å². The normalized spacial score (nSPS) is 24.6. The number of benzene rings is 1. The number of hydrogen-bond donors (Lipinski definition) is 2. The molecule has 2 saturated carbocycles. The standard InChI is InChI=1S/C30H36FN5O2S/c1-3-28(38)36(2)24-10-4-19(5-11-24)14-27(37)33-26-15-25(21-12-13-39-18-21)29(35-34-26)20-6-8-22(9-7-20)30(32)16-23(31)17-30/h6-9,12-13,15,18-19,23-24H,3-5,10-11,14,16-17,32H2,1-2H3,(H,33,34,37). The molecule has 0 radical (unpaired) electrons. The van der Waals surface area contributed by atoms with E-state index in [2.05, 4.69) is 15.5 Å². The van der Waals surface area contributed by atoms with Crippen molar-refractivity contribution in [2.24, 2.45) is 11.7 Å². The second-order valence-electron chi connectivity index (χ2n) is 11.0. The molecule has 39 heavy (non-hydrogen) atoms. The van der Waals surface area contributed by atoms with Crippen molar-refractivity contribution in [2.45, 2.75) is 76.0 Å². The van der Waals surface area contributed by atoms with Crippen LogP contribution in [-0.4, -0.2) is 46.2 Å². The molecule has 5 rings (SSSR count). The largest absolute Gasteiger partial charge is 0.343 e. The van der Waals surface area contributed by atoms with Crippen LogP contribution in [0.15, 0.2) is 47.2 Å². The molecule has 2 fully saturated rings. The molecule has 0 saturated heterocycles. The minimum atomic E-state index is -0.832. The van der Waals surface area contributed by atoms with Crippen molar-refractivity contribution in [3.63, 3.8) is 0 Å². The van der Waals surface area contributed by atoms with Crippen LogP contribution in [0.2, 0.25) is 0 Å². The number of aromatic nitrogens is 2. The summed E-state index contributed by atoms with van der Waals surface area (Å²) in [5.74, 6) is 0.821. The number of nitrogens with zero attached hydrogens (tertiary/aromatic N) is 3. The van der Waals surface area contributed by atoms with Crippen molar-refractivity contribution in [2.75, 3.05) is 12.4 Å². The average Bonchev–Trinajstić information content (AvgIpc) is 3.47. The fourth-order valence-corrected chi connectivity index (χ4v) is 6.53. The van der Waals surface area contributed by atoms with Crippen molar-refractivity contribution < 1.29 is 14.0 Å². The van der Waals surface area contributed by atoms with Gasteiger partial charge < -0.3 is 16.0 Å². The highest BCUT2D eigenvalue weighted by molar-refractivity contribution is 7.08. The highest BCUT2D eigenvalue weighted by atomic mass is 32.1. The van der Waals surface area contributed by atoms with Gasteiger partial charge in [0.15, 0.2) is 5.82 Å². The van der Waals surface area contributed by atoms with Gasteiger partial charge in [0.1, 0.15) is 11.9 Å². The SMILES string of the molecule is CCC(=O)N(C)C1CCC(CC(=O)Nc2cc(-c3ccsc3)c(-c3ccc(C4(N)CC(F)C4)cc3)nn2)CC1. The minimum Gasteiger partial charge on any atom is -0.343 e. The van der Waals surface area contributed by atoms with Gasteiger partial charge in [-0.25, -0.2) is 4.39 Å². The number of thiophene rings is 1. The lowest BCUT2D eigenvalue weighted by molar-refractivity contribution is -0.132. The summed E-state index contributed by atoms with van der Waals surface area (Å²) in [6.45, 7) is 1.89. The topological polar surface area (TPSA) is 101 Å². The number of nitrogens with one attached hydrogen (secondary N) is 1. The van der Waals surface area contributed by atoms with Gasteiger partial charge in [0.05, 0.1) is 0 Å². The van der Waals surface area contributed by atoms with Crippen LogP contribution in [0.25, 0.3) is 22.4 Å². The molecule has 0 aliphatic heterocycles. The molecule has 2 aliphatic rings. The van der Waals surface area contributed by atoms with Gasteiger partial charge in [0.25, 0.3) is 0 Å². The van der Waals surface area contributed by atoms with Crippen molar-refractivity contribution in [1.82, 2.24) is 15.1 Å². The Labute approximate surface area is 233 Å². The molecule has 2 heterocycles. The molecular formula is C30H36FN5O2S. The van der Waals surface area contributed by atoms with Crippen LogP contribution in [0.5, 0.6) is 0 Å². The Kier molecular flexibility index (Phi) is 8.09. The summed E-state index contributed by atoms with van der Waals surface area (Å²) in [6.07, 6.45) is 4.51. The average molecular weight is 550 g/mol. The molecule has 0 spiro atoms. The minimum absolute atomic E-state index is 0.0704. The Balaban J connectivity index is 1.26.